The first-order chi connectivity index (χ1) is 7.49. The fourth-order valence-corrected chi connectivity index (χ4v) is 4.39. The second-order valence-corrected chi connectivity index (χ2v) is 6.48. The lowest BCUT2D eigenvalue weighted by Crippen LogP contribution is -2.52. The minimum Gasteiger partial charge on any atom is -0.374 e. The molecule has 0 fully saturated rings. The molecule has 16 heavy (non-hydrogen) atoms. The topological polar surface area (TPSA) is 79.7 Å². The van der Waals surface area contributed by atoms with Crippen LogP contribution in [0.1, 0.15) is 27.7 Å². The largest absolute Gasteiger partial charge is 0.502 e. The molecule has 0 amide bonds. The van der Waals surface area contributed by atoms with E-state index in [4.69, 9.17) is 24.7 Å². The van der Waals surface area contributed by atoms with E-state index in [1.165, 1.54) is 0 Å². The van der Waals surface area contributed by atoms with Crippen LogP contribution in [0.15, 0.2) is 0 Å². The van der Waals surface area contributed by atoms with Gasteiger partial charge in [0.2, 0.25) is 0 Å². The third-order valence-electron chi connectivity index (χ3n) is 2.01. The van der Waals surface area contributed by atoms with Crippen LogP contribution in [-0.2, 0) is 13.3 Å². The summed E-state index contributed by atoms with van der Waals surface area (Å²) in [7, 11) is -2.65. The van der Waals surface area contributed by atoms with Crippen LogP contribution >= 0.6 is 0 Å². The molecule has 0 aromatic carbocycles. The third kappa shape index (κ3) is 5.93. The highest BCUT2D eigenvalue weighted by molar-refractivity contribution is 6.61. The molecule has 0 aliphatic carbocycles. The van der Waals surface area contributed by atoms with Crippen LogP contribution in [0.2, 0.25) is 6.04 Å². The van der Waals surface area contributed by atoms with Gasteiger partial charge in [-0.3, -0.25) is 0 Å². The molecule has 6 heteroatoms. The molecule has 0 aromatic heterocycles. The Morgan fingerprint density at radius 2 is 1.62 bits per heavy atom. The molecule has 98 valence electrons. The van der Waals surface area contributed by atoms with Gasteiger partial charge in [0.25, 0.3) is 0 Å². The van der Waals surface area contributed by atoms with E-state index in [-0.39, 0.29) is 12.1 Å². The molecule has 0 aromatic rings. The van der Waals surface area contributed by atoms with Crippen molar-refractivity contribution in [3.05, 3.63) is 0 Å². The Balaban J connectivity index is 4.62. The number of nitrogens with two attached hydrogens (primary N) is 2. The molecule has 0 radical (unpaired) electrons. The minimum absolute atomic E-state index is 0.00487. The van der Waals surface area contributed by atoms with Crippen molar-refractivity contribution < 1.29 is 13.3 Å². The van der Waals surface area contributed by atoms with E-state index in [1.54, 1.807) is 0 Å². The molecule has 0 aliphatic heterocycles. The molecule has 0 saturated heterocycles. The summed E-state index contributed by atoms with van der Waals surface area (Å²) < 4.78 is 17.3. The van der Waals surface area contributed by atoms with Crippen LogP contribution in [0.5, 0.6) is 0 Å². The second-order valence-electron chi connectivity index (χ2n) is 3.89. The lowest BCUT2D eigenvalue weighted by molar-refractivity contribution is 0.0401. The number of hydrogen-bond acceptors (Lipinski definition) is 5. The molecule has 0 bridgehead atoms. The van der Waals surface area contributed by atoms with Crippen LogP contribution in [0.4, 0.5) is 0 Å². The maximum atomic E-state index is 5.87. The van der Waals surface area contributed by atoms with Crippen molar-refractivity contribution in [2.75, 3.05) is 19.8 Å². The van der Waals surface area contributed by atoms with Gasteiger partial charge in [0, 0.05) is 31.8 Å². The van der Waals surface area contributed by atoms with Gasteiger partial charge in [0.1, 0.15) is 0 Å². The standard InChI is InChI=1S/C10H26N2O3Si/c1-5-13-16(14-6-2,8-9(3)12)15-10(4)7-11/h9-10H,5-8,11-12H2,1-4H3. The monoisotopic (exact) mass is 250 g/mol. The van der Waals surface area contributed by atoms with Crippen molar-refractivity contribution in [1.29, 1.82) is 0 Å². The summed E-state index contributed by atoms with van der Waals surface area (Å²) >= 11 is 0. The highest BCUT2D eigenvalue weighted by Gasteiger charge is 2.42. The lowest BCUT2D eigenvalue weighted by Gasteiger charge is -2.32. The van der Waals surface area contributed by atoms with Gasteiger partial charge in [-0.1, -0.05) is 0 Å². The summed E-state index contributed by atoms with van der Waals surface area (Å²) in [4.78, 5) is 0. The van der Waals surface area contributed by atoms with Gasteiger partial charge in [0.15, 0.2) is 0 Å². The van der Waals surface area contributed by atoms with Crippen LogP contribution in [0, 0.1) is 0 Å². The minimum atomic E-state index is -2.65. The fraction of sp³-hybridized carbons (Fsp3) is 1.00. The van der Waals surface area contributed by atoms with E-state index >= 15 is 0 Å². The van der Waals surface area contributed by atoms with Gasteiger partial charge >= 0.3 is 8.80 Å². The highest BCUT2D eigenvalue weighted by atomic mass is 28.4. The van der Waals surface area contributed by atoms with Crippen molar-refractivity contribution in [2.24, 2.45) is 11.5 Å². The predicted octanol–water partition coefficient (Wildman–Crippen LogP) is 0.709. The zero-order valence-electron chi connectivity index (χ0n) is 10.9. The second kappa shape index (κ2) is 8.16. The molecule has 2 atom stereocenters. The molecule has 0 spiro atoms. The Kier molecular flexibility index (Phi) is 8.17. The summed E-state index contributed by atoms with van der Waals surface area (Å²) in [5.41, 5.74) is 11.4. The summed E-state index contributed by atoms with van der Waals surface area (Å²) in [5, 5.41) is 0. The normalized spacial score (nSPS) is 16.1. The first kappa shape index (κ1) is 16.0. The molecule has 0 rings (SSSR count). The molecular formula is C10H26N2O3Si. The van der Waals surface area contributed by atoms with Crippen LogP contribution in [0.3, 0.4) is 0 Å². The zero-order valence-corrected chi connectivity index (χ0v) is 11.9. The van der Waals surface area contributed by atoms with Gasteiger partial charge in [-0.25, -0.2) is 0 Å². The summed E-state index contributed by atoms with van der Waals surface area (Å²) in [5.74, 6) is 0. The molecule has 5 nitrogen and oxygen atoms in total. The van der Waals surface area contributed by atoms with Crippen LogP contribution in [-0.4, -0.2) is 40.7 Å². The molecule has 0 aliphatic rings. The first-order valence-electron chi connectivity index (χ1n) is 5.91. The van der Waals surface area contributed by atoms with Crippen molar-refractivity contribution in [1.82, 2.24) is 0 Å². The van der Waals surface area contributed by atoms with E-state index in [2.05, 4.69) is 0 Å². The predicted molar refractivity (Wildman–Crippen MR) is 67.1 cm³/mol. The van der Waals surface area contributed by atoms with Crippen molar-refractivity contribution in [3.8, 4) is 0 Å². The highest BCUT2D eigenvalue weighted by Crippen LogP contribution is 2.19. The number of rotatable bonds is 9. The molecule has 2 unspecified atom stereocenters. The average Bonchev–Trinajstić information content (AvgIpc) is 2.17. The third-order valence-corrected chi connectivity index (χ3v) is 5.38. The summed E-state index contributed by atoms with van der Waals surface area (Å²) in [6.45, 7) is 9.29. The van der Waals surface area contributed by atoms with E-state index in [9.17, 15) is 0 Å². The Labute approximate surface area is 99.8 Å². The van der Waals surface area contributed by atoms with Gasteiger partial charge in [-0.2, -0.15) is 0 Å². The van der Waals surface area contributed by atoms with Crippen molar-refractivity contribution >= 4 is 8.80 Å². The first-order valence-corrected chi connectivity index (χ1v) is 7.84. The quantitative estimate of drug-likeness (QED) is 0.589. The van der Waals surface area contributed by atoms with E-state index in [0.29, 0.717) is 25.8 Å². The Morgan fingerprint density at radius 1 is 1.12 bits per heavy atom. The van der Waals surface area contributed by atoms with Crippen LogP contribution in [0.25, 0.3) is 0 Å². The molecule has 4 N–H and O–H groups in total. The van der Waals surface area contributed by atoms with Gasteiger partial charge in [-0.05, 0) is 27.7 Å². The van der Waals surface area contributed by atoms with Crippen molar-refractivity contribution in [2.45, 2.75) is 45.9 Å². The Bertz CT molecular complexity index is 175. The maximum absolute atomic E-state index is 5.87. The lowest BCUT2D eigenvalue weighted by atomic mass is 10.4. The average molecular weight is 250 g/mol. The zero-order chi connectivity index (χ0) is 12.6. The smallest absolute Gasteiger partial charge is 0.374 e. The molecule has 0 saturated carbocycles. The van der Waals surface area contributed by atoms with Crippen LogP contribution < -0.4 is 11.5 Å². The van der Waals surface area contributed by atoms with E-state index in [0.717, 1.165) is 0 Å². The Hall–Kier alpha value is 0.0169. The number of hydrogen-bond donors (Lipinski definition) is 2. The summed E-state index contributed by atoms with van der Waals surface area (Å²) in [6.07, 6.45) is -0.0662. The van der Waals surface area contributed by atoms with Gasteiger partial charge < -0.3 is 24.7 Å². The van der Waals surface area contributed by atoms with Crippen molar-refractivity contribution in [3.63, 3.8) is 0 Å². The SMILES string of the molecule is CCO[Si](CC(C)N)(OCC)OC(C)CN. The summed E-state index contributed by atoms with van der Waals surface area (Å²) in [6, 6.07) is 0.619. The fourth-order valence-electron chi connectivity index (χ4n) is 1.46. The molecular weight excluding hydrogens is 224 g/mol. The van der Waals surface area contributed by atoms with E-state index < -0.39 is 8.80 Å². The molecule has 0 heterocycles. The van der Waals surface area contributed by atoms with Gasteiger partial charge in [0.05, 0.1) is 6.10 Å². The Morgan fingerprint density at radius 3 is 1.94 bits per heavy atom. The van der Waals surface area contributed by atoms with E-state index in [1.807, 2.05) is 27.7 Å². The maximum Gasteiger partial charge on any atom is 0.502 e. The van der Waals surface area contributed by atoms with Gasteiger partial charge in [-0.15, -0.1) is 0 Å².